The highest BCUT2D eigenvalue weighted by atomic mass is 16.7. The van der Waals surface area contributed by atoms with E-state index in [9.17, 15) is 0 Å². The molecule has 0 amide bonds. The maximum Gasteiger partial charge on any atom is 0.120 e. The average molecular weight is 224 g/mol. The van der Waals surface area contributed by atoms with Gasteiger partial charge in [0.15, 0.2) is 0 Å². The molecule has 0 spiro atoms. The molecule has 3 nitrogen and oxygen atoms in total. The van der Waals surface area contributed by atoms with Gasteiger partial charge in [-0.1, -0.05) is 13.8 Å². The Balaban J connectivity index is 2.14. The van der Waals surface area contributed by atoms with E-state index in [1.165, 1.54) is 0 Å². The molecule has 0 saturated carbocycles. The van der Waals surface area contributed by atoms with E-state index < -0.39 is 0 Å². The molecule has 2 heterocycles. The van der Waals surface area contributed by atoms with E-state index >= 15 is 0 Å². The Labute approximate surface area is 99.2 Å². The minimum atomic E-state index is -0.337. The van der Waals surface area contributed by atoms with Crippen molar-refractivity contribution in [1.29, 1.82) is 0 Å². The van der Waals surface area contributed by atoms with Crippen LogP contribution in [0.1, 0.15) is 34.1 Å². The van der Waals surface area contributed by atoms with E-state index in [4.69, 9.17) is 22.1 Å². The highest BCUT2D eigenvalue weighted by Crippen LogP contribution is 2.44. The van der Waals surface area contributed by atoms with Gasteiger partial charge >= 0.3 is 0 Å². The zero-order valence-corrected chi connectivity index (χ0v) is 10.6. The lowest BCUT2D eigenvalue weighted by atomic mass is 9.87. The molecule has 0 aromatic carbocycles. The van der Waals surface area contributed by atoms with Gasteiger partial charge in [-0.15, -0.1) is 0 Å². The first-order chi connectivity index (χ1) is 7.44. The van der Waals surface area contributed by atoms with E-state index in [1.54, 1.807) is 0 Å². The second kappa shape index (κ2) is 4.32. The predicted molar refractivity (Wildman–Crippen MR) is 62.6 cm³/mol. The van der Waals surface area contributed by atoms with Gasteiger partial charge in [-0.3, -0.25) is 0 Å². The molecule has 90 valence electrons. The standard InChI is InChI=1S/C12H21BO3/c1-7(2)5-12-6-14-9(11(13)16-12)10(12)15-8(3)4/h7-11H,5-6H2,1-4H3/t9-,10?,11-,12-/m1/s1. The van der Waals surface area contributed by atoms with Crippen LogP contribution < -0.4 is 0 Å². The van der Waals surface area contributed by atoms with Crippen LogP contribution in [-0.2, 0) is 14.2 Å². The molecular formula is C12H21BO3. The second-order valence-corrected chi connectivity index (χ2v) is 5.63. The van der Waals surface area contributed by atoms with Gasteiger partial charge in [0.05, 0.1) is 12.7 Å². The molecule has 2 aliphatic rings. The fraction of sp³-hybridized carbons (Fsp3) is 1.00. The summed E-state index contributed by atoms with van der Waals surface area (Å²) in [5.74, 6) is 0.547. The molecule has 0 N–H and O–H groups in total. The number of hydrogen-bond acceptors (Lipinski definition) is 3. The van der Waals surface area contributed by atoms with Gasteiger partial charge in [-0.25, -0.2) is 0 Å². The lowest BCUT2D eigenvalue weighted by Gasteiger charge is -2.33. The van der Waals surface area contributed by atoms with Gasteiger partial charge in [0.25, 0.3) is 0 Å². The van der Waals surface area contributed by atoms with Crippen molar-refractivity contribution in [3.05, 3.63) is 0 Å². The third-order valence-electron chi connectivity index (χ3n) is 3.20. The first-order valence-electron chi connectivity index (χ1n) is 6.15. The third kappa shape index (κ3) is 2.03. The molecule has 2 fully saturated rings. The van der Waals surface area contributed by atoms with Crippen LogP contribution in [0.5, 0.6) is 0 Å². The minimum absolute atomic E-state index is 0.00935. The Bertz CT molecular complexity index is 257. The zero-order chi connectivity index (χ0) is 11.9. The van der Waals surface area contributed by atoms with E-state index in [1.807, 2.05) is 13.8 Å². The Hall–Kier alpha value is -0.0551. The largest absolute Gasteiger partial charge is 0.374 e. The van der Waals surface area contributed by atoms with Gasteiger partial charge in [0, 0.05) is 6.00 Å². The average Bonchev–Trinajstić information content (AvgIpc) is 2.54. The van der Waals surface area contributed by atoms with Gasteiger partial charge in [0.2, 0.25) is 0 Å². The minimum Gasteiger partial charge on any atom is -0.374 e. The van der Waals surface area contributed by atoms with Crippen LogP contribution >= 0.6 is 0 Å². The maximum absolute atomic E-state index is 5.94. The molecule has 0 aromatic rings. The number of hydrogen-bond donors (Lipinski definition) is 0. The van der Waals surface area contributed by atoms with Crippen LogP contribution in [0.25, 0.3) is 0 Å². The van der Waals surface area contributed by atoms with Crippen molar-refractivity contribution in [2.24, 2.45) is 5.92 Å². The van der Waals surface area contributed by atoms with Crippen molar-refractivity contribution in [1.82, 2.24) is 0 Å². The van der Waals surface area contributed by atoms with Gasteiger partial charge in [-0.05, 0) is 26.2 Å². The number of rotatable bonds is 4. The van der Waals surface area contributed by atoms with Crippen molar-refractivity contribution < 1.29 is 14.2 Å². The van der Waals surface area contributed by atoms with Crippen molar-refractivity contribution in [3.8, 4) is 0 Å². The summed E-state index contributed by atoms with van der Waals surface area (Å²) in [6.07, 6.45) is 1.01. The first kappa shape index (κ1) is 12.4. The fourth-order valence-electron chi connectivity index (χ4n) is 2.82. The van der Waals surface area contributed by atoms with Crippen molar-refractivity contribution in [3.63, 3.8) is 0 Å². The van der Waals surface area contributed by atoms with Crippen LogP contribution in [0.4, 0.5) is 0 Å². The summed E-state index contributed by atoms with van der Waals surface area (Å²) in [5.41, 5.74) is -0.317. The van der Waals surface area contributed by atoms with E-state index in [2.05, 4.69) is 13.8 Å². The van der Waals surface area contributed by atoms with Crippen molar-refractivity contribution >= 4 is 7.85 Å². The maximum atomic E-state index is 5.94. The summed E-state index contributed by atoms with van der Waals surface area (Å²) in [5, 5.41) is 0. The molecular weight excluding hydrogens is 203 g/mol. The third-order valence-corrected chi connectivity index (χ3v) is 3.20. The Kier molecular flexibility index (Phi) is 3.35. The SMILES string of the molecule is [B][C@@H]1O[C@]2(CC(C)C)CO[C@@H]1C2OC(C)C. The highest BCUT2D eigenvalue weighted by molar-refractivity contribution is 6.11. The summed E-state index contributed by atoms with van der Waals surface area (Å²) in [6.45, 7) is 9.04. The van der Waals surface area contributed by atoms with E-state index in [-0.39, 0.29) is 29.9 Å². The molecule has 2 bridgehead atoms. The van der Waals surface area contributed by atoms with E-state index in [0.717, 1.165) is 6.42 Å². The Morgan fingerprint density at radius 3 is 2.56 bits per heavy atom. The predicted octanol–water partition coefficient (Wildman–Crippen LogP) is 1.49. The van der Waals surface area contributed by atoms with Gasteiger partial charge in [-0.2, -0.15) is 0 Å². The van der Waals surface area contributed by atoms with Crippen LogP contribution in [0, 0.1) is 5.92 Å². The quantitative estimate of drug-likeness (QED) is 0.677. The summed E-state index contributed by atoms with van der Waals surface area (Å²) in [7, 11) is 5.92. The molecule has 4 heteroatoms. The molecule has 0 aliphatic carbocycles. The van der Waals surface area contributed by atoms with Crippen LogP contribution in [0.2, 0.25) is 0 Å². The topological polar surface area (TPSA) is 27.7 Å². The lowest BCUT2D eigenvalue weighted by Crippen LogP contribution is -2.44. The van der Waals surface area contributed by atoms with Gasteiger partial charge in [0.1, 0.15) is 25.7 Å². The Morgan fingerprint density at radius 2 is 2.06 bits per heavy atom. The second-order valence-electron chi connectivity index (χ2n) is 5.63. The number of fused-ring (bicyclic) bond motifs is 2. The van der Waals surface area contributed by atoms with Crippen molar-refractivity contribution in [2.75, 3.05) is 6.61 Å². The van der Waals surface area contributed by atoms with Crippen molar-refractivity contribution in [2.45, 2.75) is 64.0 Å². The summed E-state index contributed by atoms with van der Waals surface area (Å²) >= 11 is 0. The zero-order valence-electron chi connectivity index (χ0n) is 10.6. The summed E-state index contributed by atoms with van der Waals surface area (Å²) in [4.78, 5) is 0. The molecule has 2 radical (unpaired) electrons. The molecule has 1 unspecified atom stereocenters. The molecule has 0 aromatic heterocycles. The molecule has 16 heavy (non-hydrogen) atoms. The van der Waals surface area contributed by atoms with E-state index in [0.29, 0.717) is 12.5 Å². The normalized spacial score (nSPS) is 42.5. The lowest BCUT2D eigenvalue weighted by molar-refractivity contribution is -0.132. The molecule has 4 atom stereocenters. The van der Waals surface area contributed by atoms with Crippen LogP contribution in [-0.4, -0.2) is 44.4 Å². The Morgan fingerprint density at radius 1 is 1.38 bits per heavy atom. The fourth-order valence-corrected chi connectivity index (χ4v) is 2.82. The summed E-state index contributed by atoms with van der Waals surface area (Å²) in [6, 6.07) is -0.337. The first-order valence-corrected chi connectivity index (χ1v) is 6.15. The van der Waals surface area contributed by atoms with Crippen LogP contribution in [0.3, 0.4) is 0 Å². The molecule has 2 rings (SSSR count). The smallest absolute Gasteiger partial charge is 0.120 e. The van der Waals surface area contributed by atoms with Gasteiger partial charge < -0.3 is 14.2 Å². The molecule has 2 saturated heterocycles. The van der Waals surface area contributed by atoms with Crippen LogP contribution in [0.15, 0.2) is 0 Å². The monoisotopic (exact) mass is 224 g/mol. The summed E-state index contributed by atoms with van der Waals surface area (Å²) < 4.78 is 17.5. The number of ether oxygens (including phenoxy) is 3. The highest BCUT2D eigenvalue weighted by Gasteiger charge is 2.60. The molecule has 2 aliphatic heterocycles.